The van der Waals surface area contributed by atoms with E-state index in [-0.39, 0.29) is 0 Å². The third-order valence-corrected chi connectivity index (χ3v) is 3.68. The van der Waals surface area contributed by atoms with Crippen LogP contribution in [0, 0.1) is 11.8 Å². The second kappa shape index (κ2) is 5.41. The molecular weight excluding hydrogens is 212 g/mol. The van der Waals surface area contributed by atoms with Crippen molar-refractivity contribution in [1.82, 2.24) is 5.32 Å². The fourth-order valence-electron chi connectivity index (χ4n) is 2.50. The molecule has 2 rings (SSSR count). The maximum Gasteiger partial charge on any atom is 0.142 e. The zero-order valence-corrected chi connectivity index (χ0v) is 10.9. The van der Waals surface area contributed by atoms with Crippen molar-refractivity contribution >= 4 is 5.69 Å². The molecule has 2 atom stereocenters. The van der Waals surface area contributed by atoms with Gasteiger partial charge in [-0.25, -0.2) is 0 Å². The summed E-state index contributed by atoms with van der Waals surface area (Å²) in [7, 11) is 3.87. The Hall–Kier alpha value is -1.22. The van der Waals surface area contributed by atoms with Gasteiger partial charge in [-0.05, 0) is 37.1 Å². The lowest BCUT2D eigenvalue weighted by Crippen LogP contribution is -2.29. The molecule has 94 valence electrons. The quantitative estimate of drug-likeness (QED) is 0.862. The van der Waals surface area contributed by atoms with E-state index in [1.165, 1.54) is 5.69 Å². The second-order valence-electron chi connectivity index (χ2n) is 4.95. The molecule has 0 bridgehead atoms. The number of nitrogens with one attached hydrogen (secondary N) is 1. The summed E-state index contributed by atoms with van der Waals surface area (Å²) < 4.78 is 5.40. The highest BCUT2D eigenvalue weighted by atomic mass is 16.5. The molecule has 0 saturated carbocycles. The van der Waals surface area contributed by atoms with Gasteiger partial charge in [-0.2, -0.15) is 0 Å². The van der Waals surface area contributed by atoms with Crippen molar-refractivity contribution in [1.29, 1.82) is 0 Å². The molecule has 17 heavy (non-hydrogen) atoms. The van der Waals surface area contributed by atoms with E-state index in [4.69, 9.17) is 4.74 Å². The summed E-state index contributed by atoms with van der Waals surface area (Å²) in [5.74, 6) is 2.44. The fourth-order valence-corrected chi connectivity index (χ4v) is 2.50. The number of para-hydroxylation sites is 2. The van der Waals surface area contributed by atoms with Crippen molar-refractivity contribution in [2.45, 2.75) is 6.92 Å². The van der Waals surface area contributed by atoms with Crippen LogP contribution < -0.4 is 15.0 Å². The molecule has 1 fully saturated rings. The van der Waals surface area contributed by atoms with E-state index in [0.29, 0.717) is 0 Å². The van der Waals surface area contributed by atoms with Gasteiger partial charge in [0, 0.05) is 13.6 Å². The smallest absolute Gasteiger partial charge is 0.142 e. The first-order chi connectivity index (χ1) is 8.22. The monoisotopic (exact) mass is 234 g/mol. The van der Waals surface area contributed by atoms with E-state index in [9.17, 15) is 0 Å². The summed E-state index contributed by atoms with van der Waals surface area (Å²) in [5, 5.41) is 3.45. The van der Waals surface area contributed by atoms with Gasteiger partial charge in [0.15, 0.2) is 0 Å². The van der Waals surface area contributed by atoms with Crippen LogP contribution in [0.15, 0.2) is 24.3 Å². The molecule has 0 amide bonds. The molecule has 1 aromatic carbocycles. The van der Waals surface area contributed by atoms with Gasteiger partial charge in [0.25, 0.3) is 0 Å². The van der Waals surface area contributed by atoms with Gasteiger partial charge in [-0.15, -0.1) is 0 Å². The Morgan fingerprint density at radius 3 is 2.76 bits per heavy atom. The normalized spacial score (nSPS) is 23.7. The molecule has 1 N–H and O–H groups in total. The molecule has 0 aromatic heterocycles. The first kappa shape index (κ1) is 12.2. The molecule has 2 unspecified atom stereocenters. The van der Waals surface area contributed by atoms with Crippen LogP contribution in [0.3, 0.4) is 0 Å². The lowest BCUT2D eigenvalue weighted by atomic mass is 9.97. The minimum atomic E-state index is 0.727. The maximum absolute atomic E-state index is 5.40. The molecule has 0 spiro atoms. The zero-order chi connectivity index (χ0) is 12.3. The molecule has 3 nitrogen and oxygen atoms in total. The molecule has 1 saturated heterocycles. The van der Waals surface area contributed by atoms with Gasteiger partial charge >= 0.3 is 0 Å². The first-order valence-corrected chi connectivity index (χ1v) is 6.27. The number of ether oxygens (including phenoxy) is 1. The number of anilines is 1. The summed E-state index contributed by atoms with van der Waals surface area (Å²) in [5.41, 5.74) is 1.18. The number of hydrogen-bond acceptors (Lipinski definition) is 3. The van der Waals surface area contributed by atoms with Crippen LogP contribution in [0.1, 0.15) is 6.92 Å². The Bertz CT molecular complexity index is 367. The first-order valence-electron chi connectivity index (χ1n) is 6.27. The van der Waals surface area contributed by atoms with E-state index in [1.807, 2.05) is 12.1 Å². The molecule has 1 aliphatic heterocycles. The minimum Gasteiger partial charge on any atom is -0.495 e. The van der Waals surface area contributed by atoms with Crippen LogP contribution >= 0.6 is 0 Å². The van der Waals surface area contributed by atoms with Gasteiger partial charge in [0.1, 0.15) is 5.75 Å². The third-order valence-electron chi connectivity index (χ3n) is 3.68. The molecule has 1 aromatic rings. The van der Waals surface area contributed by atoms with Gasteiger partial charge in [0.2, 0.25) is 0 Å². The van der Waals surface area contributed by atoms with Crippen molar-refractivity contribution in [3.05, 3.63) is 24.3 Å². The number of nitrogens with zero attached hydrogens (tertiary/aromatic N) is 1. The molecule has 1 heterocycles. The predicted octanol–water partition coefficient (Wildman–Crippen LogP) is 1.99. The van der Waals surface area contributed by atoms with E-state index in [2.05, 4.69) is 36.3 Å². The number of methoxy groups -OCH3 is 1. The lowest BCUT2D eigenvalue weighted by Gasteiger charge is -2.26. The Morgan fingerprint density at radius 1 is 1.35 bits per heavy atom. The lowest BCUT2D eigenvalue weighted by molar-refractivity contribution is 0.411. The number of hydrogen-bond donors (Lipinski definition) is 1. The average molecular weight is 234 g/mol. The Labute approximate surface area is 104 Å². The Kier molecular flexibility index (Phi) is 3.89. The SMILES string of the molecule is COc1ccccc1N(C)CC1CNCC1C. The molecule has 0 radical (unpaired) electrons. The van der Waals surface area contributed by atoms with Crippen molar-refractivity contribution in [3.63, 3.8) is 0 Å². The topological polar surface area (TPSA) is 24.5 Å². The van der Waals surface area contributed by atoms with E-state index < -0.39 is 0 Å². The van der Waals surface area contributed by atoms with Crippen LogP contribution in [0.4, 0.5) is 5.69 Å². The van der Waals surface area contributed by atoms with Gasteiger partial charge in [0.05, 0.1) is 12.8 Å². The summed E-state index contributed by atoms with van der Waals surface area (Å²) >= 11 is 0. The van der Waals surface area contributed by atoms with Crippen LogP contribution in [0.25, 0.3) is 0 Å². The largest absolute Gasteiger partial charge is 0.495 e. The van der Waals surface area contributed by atoms with Crippen LogP contribution in [0.2, 0.25) is 0 Å². The van der Waals surface area contributed by atoms with Gasteiger partial charge in [-0.3, -0.25) is 0 Å². The van der Waals surface area contributed by atoms with Crippen molar-refractivity contribution in [3.8, 4) is 5.75 Å². The summed E-state index contributed by atoms with van der Waals surface area (Å²) in [4.78, 5) is 2.30. The molecule has 3 heteroatoms. The highest BCUT2D eigenvalue weighted by Gasteiger charge is 2.24. The van der Waals surface area contributed by atoms with Gasteiger partial charge < -0.3 is 15.0 Å². The maximum atomic E-state index is 5.40. The summed E-state index contributed by atoms with van der Waals surface area (Å²) in [6, 6.07) is 8.20. The molecule has 1 aliphatic rings. The van der Waals surface area contributed by atoms with Crippen molar-refractivity contribution in [2.75, 3.05) is 38.7 Å². The zero-order valence-electron chi connectivity index (χ0n) is 10.9. The van der Waals surface area contributed by atoms with E-state index >= 15 is 0 Å². The third kappa shape index (κ3) is 2.72. The highest BCUT2D eigenvalue weighted by Crippen LogP contribution is 2.28. The Morgan fingerprint density at radius 2 is 2.12 bits per heavy atom. The van der Waals surface area contributed by atoms with Gasteiger partial charge in [-0.1, -0.05) is 19.1 Å². The fraction of sp³-hybridized carbons (Fsp3) is 0.571. The standard InChI is InChI=1S/C14H22N2O/c1-11-8-15-9-12(11)10-16(2)13-6-4-5-7-14(13)17-3/h4-7,11-12,15H,8-10H2,1-3H3. The molecular formula is C14H22N2O. The van der Waals surface area contributed by atoms with Crippen LogP contribution in [0.5, 0.6) is 5.75 Å². The average Bonchev–Trinajstić information content (AvgIpc) is 2.75. The molecule has 0 aliphatic carbocycles. The van der Waals surface area contributed by atoms with Crippen LogP contribution in [-0.4, -0.2) is 33.8 Å². The predicted molar refractivity (Wildman–Crippen MR) is 71.8 cm³/mol. The van der Waals surface area contributed by atoms with E-state index in [0.717, 1.165) is 37.2 Å². The van der Waals surface area contributed by atoms with Crippen LogP contribution in [-0.2, 0) is 0 Å². The Balaban J connectivity index is 2.06. The summed E-state index contributed by atoms with van der Waals surface area (Å²) in [6.45, 7) is 5.67. The number of rotatable bonds is 4. The number of benzene rings is 1. The highest BCUT2D eigenvalue weighted by molar-refractivity contribution is 5.57. The van der Waals surface area contributed by atoms with Crippen molar-refractivity contribution in [2.24, 2.45) is 11.8 Å². The summed E-state index contributed by atoms with van der Waals surface area (Å²) in [6.07, 6.45) is 0. The van der Waals surface area contributed by atoms with E-state index in [1.54, 1.807) is 7.11 Å². The minimum absolute atomic E-state index is 0.727. The van der Waals surface area contributed by atoms with Crippen molar-refractivity contribution < 1.29 is 4.74 Å². The second-order valence-corrected chi connectivity index (χ2v) is 4.95.